The van der Waals surface area contributed by atoms with Crippen LogP contribution in [0.3, 0.4) is 0 Å². The van der Waals surface area contributed by atoms with Crippen molar-refractivity contribution in [3.05, 3.63) is 107 Å². The molecule has 5 aromatic rings. The van der Waals surface area contributed by atoms with Crippen molar-refractivity contribution in [2.45, 2.75) is 17.6 Å². The fourth-order valence-corrected chi connectivity index (χ4v) is 4.62. The number of thioether (sulfide) groups is 1. The lowest BCUT2D eigenvalue weighted by Gasteiger charge is -2.10. The monoisotopic (exact) mass is 512 g/mol. The zero-order valence-electron chi connectivity index (χ0n) is 19.9. The summed E-state index contributed by atoms with van der Waals surface area (Å²) in [7, 11) is 0. The van der Waals surface area contributed by atoms with Crippen molar-refractivity contribution in [3.63, 3.8) is 0 Å². The van der Waals surface area contributed by atoms with Crippen LogP contribution >= 0.6 is 24.4 Å². The predicted octanol–water partition coefficient (Wildman–Crippen LogP) is 6.65. The first-order valence-electron chi connectivity index (χ1n) is 11.6. The summed E-state index contributed by atoms with van der Waals surface area (Å²) in [5.74, 6) is 2.38. The summed E-state index contributed by atoms with van der Waals surface area (Å²) in [5.41, 5.74) is 17.7. The Labute approximate surface area is 220 Å². The molecule has 182 valence electrons. The molecule has 36 heavy (non-hydrogen) atoms. The summed E-state index contributed by atoms with van der Waals surface area (Å²) in [6.07, 6.45) is 1.66. The van der Waals surface area contributed by atoms with E-state index in [4.69, 9.17) is 11.5 Å². The van der Waals surface area contributed by atoms with E-state index in [9.17, 15) is 4.79 Å². The molecule has 0 atom stereocenters. The average Bonchev–Trinajstić information content (AvgIpc) is 2.91. The van der Waals surface area contributed by atoms with Crippen molar-refractivity contribution in [2.75, 3.05) is 17.2 Å². The van der Waals surface area contributed by atoms with Gasteiger partial charge in [0.25, 0.3) is 5.56 Å². The number of hydrogen-bond donors (Lipinski definition) is 4. The molecule has 2 heterocycles. The molecule has 5 nitrogen and oxygen atoms in total. The molecule has 0 radical (unpaired) electrons. The van der Waals surface area contributed by atoms with Gasteiger partial charge in [-0.3, -0.25) is 4.79 Å². The zero-order chi connectivity index (χ0) is 25.5. The van der Waals surface area contributed by atoms with Gasteiger partial charge >= 0.3 is 0 Å². The van der Waals surface area contributed by atoms with E-state index in [1.807, 2.05) is 36.4 Å². The number of aromatic nitrogens is 2. The Morgan fingerprint density at radius 1 is 0.889 bits per heavy atom. The molecule has 0 bridgehead atoms. The van der Waals surface area contributed by atoms with Gasteiger partial charge in [0.05, 0.1) is 11.2 Å². The van der Waals surface area contributed by atoms with Crippen LogP contribution in [-0.2, 0) is 5.75 Å². The van der Waals surface area contributed by atoms with Crippen molar-refractivity contribution >= 4 is 46.8 Å². The summed E-state index contributed by atoms with van der Waals surface area (Å²) in [6.45, 7) is 2.14. The molecule has 0 spiro atoms. The molecule has 0 unspecified atom stereocenters. The summed E-state index contributed by atoms with van der Waals surface area (Å²) < 4.78 is 0. The summed E-state index contributed by atoms with van der Waals surface area (Å²) in [6, 6.07) is 28.1. The highest BCUT2D eigenvalue weighted by atomic mass is 32.2. The number of nitrogens with one attached hydrogen (secondary N) is 1. The molecule has 0 saturated carbocycles. The molecule has 3 aromatic carbocycles. The van der Waals surface area contributed by atoms with Crippen LogP contribution in [0.2, 0.25) is 0 Å². The lowest BCUT2D eigenvalue weighted by Crippen LogP contribution is -2.10. The van der Waals surface area contributed by atoms with Gasteiger partial charge in [-0.25, -0.2) is 4.98 Å². The largest absolute Gasteiger partial charge is 0.394 e. The molecule has 2 aromatic heterocycles. The van der Waals surface area contributed by atoms with E-state index in [0.29, 0.717) is 5.82 Å². The van der Waals surface area contributed by atoms with Crippen LogP contribution < -0.4 is 17.0 Å². The van der Waals surface area contributed by atoms with E-state index in [1.165, 1.54) is 10.5 Å². The Hall–Kier alpha value is -3.68. The number of aromatic amines is 1. The van der Waals surface area contributed by atoms with Gasteiger partial charge in [0, 0.05) is 33.4 Å². The molecule has 0 aliphatic rings. The second-order valence-electron chi connectivity index (χ2n) is 8.10. The number of benzene rings is 3. The first kappa shape index (κ1) is 25.4. The number of nitrogen functional groups attached to an aromatic ring is 2. The maximum atomic E-state index is 11.5. The highest BCUT2D eigenvalue weighted by molar-refractivity contribution is 7.99. The SMILES string of the molecule is CCSc1ccc(-c2cc3cc(-c4c[nH]c(=O)c(N)c4)ccc3nc2N)cc1.SCc1ccccc1. The molecule has 7 heteroatoms. The van der Waals surface area contributed by atoms with Gasteiger partial charge in [-0.15, -0.1) is 11.8 Å². The van der Waals surface area contributed by atoms with Gasteiger partial charge in [-0.05, 0) is 58.8 Å². The molecule has 0 saturated heterocycles. The number of anilines is 2. The van der Waals surface area contributed by atoms with Gasteiger partial charge in [0.1, 0.15) is 5.82 Å². The molecule has 0 fully saturated rings. The smallest absolute Gasteiger partial charge is 0.271 e. The molecule has 0 aliphatic carbocycles. The quantitative estimate of drug-likeness (QED) is 0.156. The Morgan fingerprint density at radius 3 is 2.25 bits per heavy atom. The topological polar surface area (TPSA) is 97.8 Å². The van der Waals surface area contributed by atoms with Crippen LogP contribution in [0.25, 0.3) is 33.2 Å². The van der Waals surface area contributed by atoms with Crippen LogP contribution in [0.1, 0.15) is 12.5 Å². The summed E-state index contributed by atoms with van der Waals surface area (Å²) in [5, 5.41) is 0.971. The normalized spacial score (nSPS) is 10.6. The number of nitrogens with two attached hydrogens (primary N) is 2. The maximum Gasteiger partial charge on any atom is 0.271 e. The van der Waals surface area contributed by atoms with E-state index in [2.05, 4.69) is 72.0 Å². The van der Waals surface area contributed by atoms with Gasteiger partial charge in [-0.2, -0.15) is 12.6 Å². The van der Waals surface area contributed by atoms with E-state index in [0.717, 1.165) is 44.7 Å². The zero-order valence-corrected chi connectivity index (χ0v) is 21.7. The molecule has 0 aliphatic heterocycles. The number of rotatable bonds is 5. The number of H-pyrrole nitrogens is 1. The minimum absolute atomic E-state index is 0.193. The van der Waals surface area contributed by atoms with Crippen LogP contribution in [0.4, 0.5) is 11.5 Å². The van der Waals surface area contributed by atoms with E-state index in [-0.39, 0.29) is 11.2 Å². The van der Waals surface area contributed by atoms with Crippen LogP contribution in [-0.4, -0.2) is 15.7 Å². The van der Waals surface area contributed by atoms with Crippen molar-refractivity contribution < 1.29 is 0 Å². The Balaban J connectivity index is 0.000000325. The average molecular weight is 513 g/mol. The predicted molar refractivity (Wildman–Crippen MR) is 158 cm³/mol. The van der Waals surface area contributed by atoms with E-state index in [1.54, 1.807) is 24.0 Å². The number of hydrogen-bond acceptors (Lipinski definition) is 6. The Kier molecular flexibility index (Phi) is 8.36. The van der Waals surface area contributed by atoms with Gasteiger partial charge < -0.3 is 16.5 Å². The molecular formula is C29H28N4OS2. The Bertz CT molecular complexity index is 1520. The highest BCUT2D eigenvalue weighted by Crippen LogP contribution is 2.32. The number of thiol groups is 1. The van der Waals surface area contributed by atoms with Gasteiger partial charge in [-0.1, -0.05) is 55.5 Å². The third-order valence-corrected chi connectivity index (χ3v) is 6.87. The third-order valence-electron chi connectivity index (χ3n) is 5.61. The number of nitrogens with zero attached hydrogens (tertiary/aromatic N) is 1. The summed E-state index contributed by atoms with van der Waals surface area (Å²) >= 11 is 5.92. The fraction of sp³-hybridized carbons (Fsp3) is 0.103. The molecule has 5 rings (SSSR count). The van der Waals surface area contributed by atoms with Crippen molar-refractivity contribution in [1.29, 1.82) is 0 Å². The van der Waals surface area contributed by atoms with E-state index < -0.39 is 0 Å². The van der Waals surface area contributed by atoms with Gasteiger partial charge in [0.15, 0.2) is 0 Å². The minimum Gasteiger partial charge on any atom is -0.394 e. The molecule has 0 amide bonds. The van der Waals surface area contributed by atoms with Gasteiger partial charge in [0.2, 0.25) is 0 Å². The maximum absolute atomic E-state index is 11.5. The Morgan fingerprint density at radius 2 is 1.61 bits per heavy atom. The van der Waals surface area contributed by atoms with Crippen molar-refractivity contribution in [1.82, 2.24) is 9.97 Å². The lowest BCUT2D eigenvalue weighted by atomic mass is 10.0. The fourth-order valence-electron chi connectivity index (χ4n) is 3.75. The second kappa shape index (κ2) is 11.8. The van der Waals surface area contributed by atoms with Crippen molar-refractivity contribution in [3.8, 4) is 22.3 Å². The summed E-state index contributed by atoms with van der Waals surface area (Å²) in [4.78, 5) is 20.0. The minimum atomic E-state index is -0.286. The van der Waals surface area contributed by atoms with Crippen LogP contribution in [0, 0.1) is 0 Å². The molecule has 5 N–H and O–H groups in total. The number of fused-ring (bicyclic) bond motifs is 1. The lowest BCUT2D eigenvalue weighted by molar-refractivity contribution is 1.25. The number of pyridine rings is 2. The van der Waals surface area contributed by atoms with Crippen molar-refractivity contribution in [2.24, 2.45) is 0 Å². The third kappa shape index (κ3) is 6.11. The molecular weight excluding hydrogens is 484 g/mol. The standard InChI is InChI=1S/C22H20N4OS.C7H8S/c1-2-28-17-6-3-13(4-7-17)18-10-15-9-14(5-8-20(15)26-21(18)24)16-11-19(23)22(27)25-12-16;8-6-7-4-2-1-3-5-7/h3-12H,2,23H2,1H3,(H2,24,26)(H,25,27);1-5,8H,6H2. The van der Waals surface area contributed by atoms with E-state index >= 15 is 0 Å². The second-order valence-corrected chi connectivity index (χ2v) is 9.76. The first-order chi connectivity index (χ1) is 17.5. The van der Waals surface area contributed by atoms with Crippen LogP contribution in [0.15, 0.2) is 101 Å². The first-order valence-corrected chi connectivity index (χ1v) is 13.2. The highest BCUT2D eigenvalue weighted by Gasteiger charge is 2.09. The van der Waals surface area contributed by atoms with Crippen LogP contribution in [0.5, 0.6) is 0 Å².